The Hall–Kier alpha value is -3.39. The first-order chi connectivity index (χ1) is 14.0. The van der Waals surface area contributed by atoms with Crippen molar-refractivity contribution >= 4 is 33.3 Å². The van der Waals surface area contributed by atoms with Gasteiger partial charge < -0.3 is 14.8 Å². The number of hydrogen-bond donors (Lipinski definition) is 1. The summed E-state index contributed by atoms with van der Waals surface area (Å²) in [5, 5.41) is 8.19. The van der Waals surface area contributed by atoms with Crippen molar-refractivity contribution < 1.29 is 14.3 Å². The normalized spacial score (nSPS) is 12.5. The lowest BCUT2D eigenvalue weighted by Gasteiger charge is -2.07. The molecule has 7 nitrogen and oxygen atoms in total. The summed E-state index contributed by atoms with van der Waals surface area (Å²) in [6, 6.07) is 11.2. The second-order valence-electron chi connectivity index (χ2n) is 7.03. The molecule has 2 aromatic carbocycles. The molecule has 5 rings (SSSR count). The average Bonchev–Trinajstić information content (AvgIpc) is 3.38. The number of benzene rings is 2. The van der Waals surface area contributed by atoms with E-state index in [1.807, 2.05) is 13.0 Å². The summed E-state index contributed by atoms with van der Waals surface area (Å²) in [4.78, 5) is 17.6. The standard InChI is InChI=1S/C21H18N4O3S/c1-11-6-12(2)19-17(7-11)29-21(23-19)25-18(8-13(3)24-25)22-20(26)14-4-5-15-16(9-14)28-10-27-15/h4-9H,10H2,1-3H3,(H,22,26). The predicted octanol–water partition coefficient (Wildman–Crippen LogP) is 4.39. The van der Waals surface area contributed by atoms with Gasteiger partial charge in [0.1, 0.15) is 5.82 Å². The van der Waals surface area contributed by atoms with Gasteiger partial charge >= 0.3 is 0 Å². The van der Waals surface area contributed by atoms with Crippen molar-refractivity contribution in [3.8, 4) is 16.6 Å². The summed E-state index contributed by atoms with van der Waals surface area (Å²) in [6.07, 6.45) is 0. The van der Waals surface area contributed by atoms with Crippen LogP contribution in [0.4, 0.5) is 5.82 Å². The maximum atomic E-state index is 12.8. The molecular formula is C21H18N4O3S. The number of carbonyl (C=O) groups excluding carboxylic acids is 1. The monoisotopic (exact) mass is 406 g/mol. The van der Waals surface area contributed by atoms with Crippen LogP contribution in [0, 0.1) is 20.8 Å². The van der Waals surface area contributed by atoms with E-state index in [4.69, 9.17) is 14.5 Å². The molecule has 0 saturated heterocycles. The number of amides is 1. The minimum Gasteiger partial charge on any atom is -0.454 e. The highest BCUT2D eigenvalue weighted by atomic mass is 32.1. The summed E-state index contributed by atoms with van der Waals surface area (Å²) >= 11 is 1.55. The van der Waals surface area contributed by atoms with Crippen molar-refractivity contribution in [3.63, 3.8) is 0 Å². The number of hydrogen-bond acceptors (Lipinski definition) is 6. The molecule has 1 N–H and O–H groups in total. The van der Waals surface area contributed by atoms with Crippen LogP contribution < -0.4 is 14.8 Å². The molecule has 146 valence electrons. The zero-order valence-electron chi connectivity index (χ0n) is 16.1. The molecule has 0 spiro atoms. The van der Waals surface area contributed by atoms with Crippen molar-refractivity contribution in [3.05, 3.63) is 58.8 Å². The van der Waals surface area contributed by atoms with Crippen LogP contribution in [-0.4, -0.2) is 27.5 Å². The van der Waals surface area contributed by atoms with Crippen LogP contribution in [-0.2, 0) is 0 Å². The quantitative estimate of drug-likeness (QED) is 0.546. The van der Waals surface area contributed by atoms with Gasteiger partial charge in [-0.05, 0) is 56.2 Å². The van der Waals surface area contributed by atoms with E-state index < -0.39 is 0 Å². The van der Waals surface area contributed by atoms with E-state index >= 15 is 0 Å². The molecule has 0 unspecified atom stereocenters. The van der Waals surface area contributed by atoms with E-state index in [1.54, 1.807) is 34.2 Å². The molecule has 4 aromatic rings. The first-order valence-corrected chi connectivity index (χ1v) is 9.95. The van der Waals surface area contributed by atoms with E-state index in [0.29, 0.717) is 28.0 Å². The van der Waals surface area contributed by atoms with Gasteiger partial charge in [0, 0.05) is 11.6 Å². The van der Waals surface area contributed by atoms with Crippen LogP contribution >= 0.6 is 11.3 Å². The van der Waals surface area contributed by atoms with Crippen molar-refractivity contribution in [1.82, 2.24) is 14.8 Å². The first-order valence-electron chi connectivity index (χ1n) is 9.14. The molecule has 0 bridgehead atoms. The van der Waals surface area contributed by atoms with Crippen LogP contribution in [0.2, 0.25) is 0 Å². The minimum atomic E-state index is -0.252. The highest BCUT2D eigenvalue weighted by Crippen LogP contribution is 2.33. The molecule has 2 aromatic heterocycles. The highest BCUT2D eigenvalue weighted by Gasteiger charge is 2.19. The van der Waals surface area contributed by atoms with Crippen molar-refractivity contribution in [2.45, 2.75) is 20.8 Å². The van der Waals surface area contributed by atoms with Gasteiger partial charge in [0.25, 0.3) is 5.91 Å². The van der Waals surface area contributed by atoms with Crippen LogP contribution in [0.25, 0.3) is 15.3 Å². The zero-order valence-corrected chi connectivity index (χ0v) is 17.0. The summed E-state index contributed by atoms with van der Waals surface area (Å²) in [6.45, 7) is 6.18. The first kappa shape index (κ1) is 17.7. The third-order valence-electron chi connectivity index (χ3n) is 4.71. The van der Waals surface area contributed by atoms with Crippen LogP contribution in [0.15, 0.2) is 36.4 Å². The topological polar surface area (TPSA) is 78.3 Å². The molecule has 0 atom stereocenters. The second kappa shape index (κ2) is 6.59. The molecule has 29 heavy (non-hydrogen) atoms. The van der Waals surface area contributed by atoms with Crippen LogP contribution in [0.3, 0.4) is 0 Å². The van der Waals surface area contributed by atoms with Gasteiger partial charge in [-0.2, -0.15) is 9.78 Å². The number of anilines is 1. The lowest BCUT2D eigenvalue weighted by Crippen LogP contribution is -2.15. The summed E-state index contributed by atoms with van der Waals surface area (Å²) in [7, 11) is 0. The molecular weight excluding hydrogens is 388 g/mol. The maximum Gasteiger partial charge on any atom is 0.256 e. The molecule has 1 aliphatic heterocycles. The van der Waals surface area contributed by atoms with E-state index in [1.165, 1.54) is 5.56 Å². The molecule has 8 heteroatoms. The van der Waals surface area contributed by atoms with E-state index in [0.717, 1.165) is 21.5 Å². The summed E-state index contributed by atoms with van der Waals surface area (Å²) in [5.41, 5.74) is 4.54. The lowest BCUT2D eigenvalue weighted by molar-refractivity contribution is 0.102. The highest BCUT2D eigenvalue weighted by molar-refractivity contribution is 7.20. The Morgan fingerprint density at radius 1 is 1.10 bits per heavy atom. The molecule has 1 amide bonds. The van der Waals surface area contributed by atoms with Gasteiger partial charge in [-0.1, -0.05) is 17.4 Å². The minimum absolute atomic E-state index is 0.170. The summed E-state index contributed by atoms with van der Waals surface area (Å²) in [5.74, 6) is 1.53. The number of nitrogens with one attached hydrogen (secondary N) is 1. The van der Waals surface area contributed by atoms with Crippen LogP contribution in [0.5, 0.6) is 11.5 Å². The Bertz CT molecular complexity index is 1270. The molecule has 1 aliphatic rings. The number of aryl methyl sites for hydroxylation is 3. The van der Waals surface area contributed by atoms with Gasteiger partial charge in [0.2, 0.25) is 11.9 Å². The van der Waals surface area contributed by atoms with E-state index in [9.17, 15) is 4.79 Å². The molecule has 0 aliphatic carbocycles. The number of nitrogens with zero attached hydrogens (tertiary/aromatic N) is 3. The number of aromatic nitrogens is 3. The number of fused-ring (bicyclic) bond motifs is 2. The fourth-order valence-electron chi connectivity index (χ4n) is 3.41. The van der Waals surface area contributed by atoms with Gasteiger partial charge in [-0.3, -0.25) is 4.79 Å². The van der Waals surface area contributed by atoms with E-state index in [2.05, 4.69) is 36.4 Å². The van der Waals surface area contributed by atoms with Crippen molar-refractivity contribution in [2.75, 3.05) is 12.1 Å². The number of carbonyl (C=O) groups is 1. The van der Waals surface area contributed by atoms with E-state index in [-0.39, 0.29) is 12.7 Å². The average molecular weight is 406 g/mol. The largest absolute Gasteiger partial charge is 0.454 e. The second-order valence-corrected chi connectivity index (χ2v) is 8.04. The van der Waals surface area contributed by atoms with Crippen LogP contribution in [0.1, 0.15) is 27.2 Å². The Morgan fingerprint density at radius 3 is 2.79 bits per heavy atom. The number of ether oxygens (including phenoxy) is 2. The Morgan fingerprint density at radius 2 is 1.93 bits per heavy atom. The Labute approximate surface area is 170 Å². The van der Waals surface area contributed by atoms with Gasteiger partial charge in [-0.15, -0.1) is 0 Å². The third kappa shape index (κ3) is 3.11. The number of rotatable bonds is 3. The Balaban J connectivity index is 1.50. The van der Waals surface area contributed by atoms with Gasteiger partial charge in [0.15, 0.2) is 11.5 Å². The van der Waals surface area contributed by atoms with Gasteiger partial charge in [-0.25, -0.2) is 4.98 Å². The van der Waals surface area contributed by atoms with Crippen molar-refractivity contribution in [2.24, 2.45) is 0 Å². The lowest BCUT2D eigenvalue weighted by atomic mass is 10.1. The Kier molecular flexibility index (Phi) is 4.02. The number of thiazole rings is 1. The van der Waals surface area contributed by atoms with Crippen molar-refractivity contribution in [1.29, 1.82) is 0 Å². The summed E-state index contributed by atoms with van der Waals surface area (Å²) < 4.78 is 13.4. The smallest absolute Gasteiger partial charge is 0.256 e. The fraction of sp³-hybridized carbons (Fsp3) is 0.190. The maximum absolute atomic E-state index is 12.8. The molecule has 0 fully saturated rings. The molecule has 3 heterocycles. The SMILES string of the molecule is Cc1cc(C)c2nc(-n3nc(C)cc3NC(=O)c3ccc4c(c3)OCO4)sc2c1. The molecule has 0 saturated carbocycles. The third-order valence-corrected chi connectivity index (χ3v) is 5.69. The predicted molar refractivity (Wildman–Crippen MR) is 111 cm³/mol. The molecule has 0 radical (unpaired) electrons. The zero-order chi connectivity index (χ0) is 20.1. The van der Waals surface area contributed by atoms with Gasteiger partial charge in [0.05, 0.1) is 15.9 Å². The fourth-order valence-corrected chi connectivity index (χ4v) is 4.52.